The molecule has 0 aliphatic carbocycles. The second-order valence-electron chi connectivity index (χ2n) is 4.44. The highest BCUT2D eigenvalue weighted by atomic mass is 19.1. The Morgan fingerprint density at radius 2 is 2.06 bits per heavy atom. The minimum absolute atomic E-state index is 0.187. The van der Waals surface area contributed by atoms with Crippen LogP contribution < -0.4 is 4.90 Å². The predicted molar refractivity (Wildman–Crippen MR) is 63.0 cm³/mol. The van der Waals surface area contributed by atoms with Gasteiger partial charge in [-0.15, -0.1) is 0 Å². The number of rotatable bonds is 3. The van der Waals surface area contributed by atoms with Gasteiger partial charge in [-0.05, 0) is 49.4 Å². The zero-order valence-electron chi connectivity index (χ0n) is 9.40. The molecule has 0 bridgehead atoms. The predicted octanol–water partition coefficient (Wildman–Crippen LogP) is 2.42. The smallest absolute Gasteiger partial charge is 0.123 e. The molecular weight excluding hydrogens is 205 g/mol. The number of aliphatic hydroxyl groups excluding tert-OH is 1. The van der Waals surface area contributed by atoms with E-state index in [-0.39, 0.29) is 12.4 Å². The van der Waals surface area contributed by atoms with Crippen molar-refractivity contribution in [2.75, 3.05) is 24.6 Å². The molecule has 2 rings (SSSR count). The van der Waals surface area contributed by atoms with Crippen LogP contribution in [-0.2, 0) is 0 Å². The van der Waals surface area contributed by atoms with E-state index in [0.717, 1.165) is 31.6 Å². The molecule has 0 aromatic heterocycles. The normalized spacial score (nSPS) is 21.1. The lowest BCUT2D eigenvalue weighted by atomic mass is 9.95. The van der Waals surface area contributed by atoms with Crippen molar-refractivity contribution in [3.8, 4) is 0 Å². The number of nitrogens with zero attached hydrogens (tertiary/aromatic N) is 1. The largest absolute Gasteiger partial charge is 0.396 e. The van der Waals surface area contributed by atoms with Crippen LogP contribution in [0.5, 0.6) is 0 Å². The molecule has 1 aliphatic rings. The number of benzene rings is 1. The quantitative estimate of drug-likeness (QED) is 0.850. The van der Waals surface area contributed by atoms with Gasteiger partial charge in [0.2, 0.25) is 0 Å². The molecule has 88 valence electrons. The maximum absolute atomic E-state index is 12.8. The van der Waals surface area contributed by atoms with Crippen LogP contribution in [0.25, 0.3) is 0 Å². The average Bonchev–Trinajstić information content (AvgIpc) is 2.31. The third-order valence-electron chi connectivity index (χ3n) is 3.25. The summed E-state index contributed by atoms with van der Waals surface area (Å²) in [7, 11) is 0. The summed E-state index contributed by atoms with van der Waals surface area (Å²) in [5.74, 6) is 0.386. The van der Waals surface area contributed by atoms with Crippen molar-refractivity contribution in [2.45, 2.75) is 19.3 Å². The second kappa shape index (κ2) is 5.30. The van der Waals surface area contributed by atoms with Crippen molar-refractivity contribution in [1.82, 2.24) is 0 Å². The van der Waals surface area contributed by atoms with Gasteiger partial charge in [0.05, 0.1) is 0 Å². The molecule has 0 unspecified atom stereocenters. The topological polar surface area (TPSA) is 23.5 Å². The number of hydrogen-bond acceptors (Lipinski definition) is 2. The van der Waals surface area contributed by atoms with Crippen molar-refractivity contribution in [2.24, 2.45) is 5.92 Å². The lowest BCUT2D eigenvalue weighted by Crippen LogP contribution is -2.35. The van der Waals surface area contributed by atoms with Crippen LogP contribution >= 0.6 is 0 Å². The van der Waals surface area contributed by atoms with Crippen LogP contribution in [0, 0.1) is 11.7 Å². The monoisotopic (exact) mass is 223 g/mol. The molecule has 1 aromatic rings. The van der Waals surface area contributed by atoms with Crippen molar-refractivity contribution in [1.29, 1.82) is 0 Å². The van der Waals surface area contributed by atoms with E-state index < -0.39 is 0 Å². The fraction of sp³-hybridized carbons (Fsp3) is 0.538. The highest BCUT2D eigenvalue weighted by Gasteiger charge is 2.19. The number of piperidine rings is 1. The Labute approximate surface area is 95.7 Å². The van der Waals surface area contributed by atoms with E-state index >= 15 is 0 Å². The van der Waals surface area contributed by atoms with E-state index in [1.54, 1.807) is 0 Å². The van der Waals surface area contributed by atoms with Crippen LogP contribution in [0.2, 0.25) is 0 Å². The molecule has 16 heavy (non-hydrogen) atoms. The molecule has 3 heteroatoms. The molecule has 2 nitrogen and oxygen atoms in total. The maximum atomic E-state index is 12.8. The standard InChI is InChI=1S/C13H18FNO/c14-12-3-5-13(6-4-12)15-8-1-2-11(10-15)7-9-16/h3-6,11,16H,1-2,7-10H2/t11-/m0/s1. The van der Waals surface area contributed by atoms with E-state index in [1.807, 2.05) is 12.1 Å². The van der Waals surface area contributed by atoms with Gasteiger partial charge < -0.3 is 10.0 Å². The van der Waals surface area contributed by atoms with Gasteiger partial charge in [-0.3, -0.25) is 0 Å². The lowest BCUT2D eigenvalue weighted by molar-refractivity contribution is 0.244. The van der Waals surface area contributed by atoms with Gasteiger partial charge in [-0.1, -0.05) is 0 Å². The Morgan fingerprint density at radius 1 is 1.31 bits per heavy atom. The van der Waals surface area contributed by atoms with E-state index in [2.05, 4.69) is 4.90 Å². The van der Waals surface area contributed by atoms with Crippen molar-refractivity contribution in [3.63, 3.8) is 0 Å². The number of halogens is 1. The van der Waals surface area contributed by atoms with E-state index in [9.17, 15) is 4.39 Å². The highest BCUT2D eigenvalue weighted by molar-refractivity contribution is 5.46. The van der Waals surface area contributed by atoms with E-state index in [1.165, 1.54) is 18.6 Å². The summed E-state index contributed by atoms with van der Waals surface area (Å²) in [6.45, 7) is 2.28. The molecule has 0 amide bonds. The van der Waals surface area contributed by atoms with Gasteiger partial charge in [0, 0.05) is 25.4 Å². The third kappa shape index (κ3) is 2.73. The van der Waals surface area contributed by atoms with E-state index in [4.69, 9.17) is 5.11 Å². The van der Waals surface area contributed by atoms with Gasteiger partial charge >= 0.3 is 0 Å². The molecule has 1 atom stereocenters. The average molecular weight is 223 g/mol. The third-order valence-corrected chi connectivity index (χ3v) is 3.25. The number of hydrogen-bond donors (Lipinski definition) is 1. The first-order valence-corrected chi connectivity index (χ1v) is 5.91. The molecule has 1 aromatic carbocycles. The fourth-order valence-electron chi connectivity index (χ4n) is 2.37. The minimum atomic E-state index is -0.187. The lowest BCUT2D eigenvalue weighted by Gasteiger charge is -2.34. The van der Waals surface area contributed by atoms with Crippen LogP contribution in [0.3, 0.4) is 0 Å². The molecule has 1 heterocycles. The summed E-state index contributed by atoms with van der Waals surface area (Å²) in [5.41, 5.74) is 1.09. The van der Waals surface area contributed by atoms with Gasteiger partial charge in [-0.25, -0.2) is 4.39 Å². The van der Waals surface area contributed by atoms with Gasteiger partial charge in [0.25, 0.3) is 0 Å². The van der Waals surface area contributed by atoms with Crippen molar-refractivity contribution in [3.05, 3.63) is 30.1 Å². The van der Waals surface area contributed by atoms with E-state index in [0.29, 0.717) is 5.92 Å². The Bertz CT molecular complexity index is 323. The summed E-state index contributed by atoms with van der Waals surface area (Å²) in [4.78, 5) is 2.28. The van der Waals surface area contributed by atoms with Crippen molar-refractivity contribution >= 4 is 5.69 Å². The summed E-state index contributed by atoms with van der Waals surface area (Å²) in [6, 6.07) is 6.67. The Morgan fingerprint density at radius 3 is 2.75 bits per heavy atom. The van der Waals surface area contributed by atoms with Crippen LogP contribution in [0.4, 0.5) is 10.1 Å². The highest BCUT2D eigenvalue weighted by Crippen LogP contribution is 2.24. The van der Waals surface area contributed by atoms with Crippen LogP contribution in [-0.4, -0.2) is 24.8 Å². The van der Waals surface area contributed by atoms with Crippen LogP contribution in [0.1, 0.15) is 19.3 Å². The Kier molecular flexibility index (Phi) is 3.78. The molecule has 1 aliphatic heterocycles. The van der Waals surface area contributed by atoms with Crippen molar-refractivity contribution < 1.29 is 9.50 Å². The Hall–Kier alpha value is -1.09. The fourth-order valence-corrected chi connectivity index (χ4v) is 2.37. The Balaban J connectivity index is 2.01. The summed E-state index contributed by atoms with van der Waals surface area (Å²) >= 11 is 0. The summed E-state index contributed by atoms with van der Waals surface area (Å²) in [5, 5.41) is 8.94. The first-order chi connectivity index (χ1) is 7.79. The van der Waals surface area contributed by atoms with Gasteiger partial charge in [0.15, 0.2) is 0 Å². The molecule has 0 saturated carbocycles. The first-order valence-electron chi connectivity index (χ1n) is 5.91. The summed E-state index contributed by atoms with van der Waals surface area (Å²) in [6.07, 6.45) is 3.22. The number of anilines is 1. The zero-order valence-corrected chi connectivity index (χ0v) is 9.40. The molecule has 1 fully saturated rings. The maximum Gasteiger partial charge on any atom is 0.123 e. The van der Waals surface area contributed by atoms with Crippen LogP contribution in [0.15, 0.2) is 24.3 Å². The molecule has 1 saturated heterocycles. The molecular formula is C13H18FNO. The molecule has 0 radical (unpaired) electrons. The summed E-state index contributed by atoms with van der Waals surface area (Å²) < 4.78 is 12.8. The number of aliphatic hydroxyl groups is 1. The second-order valence-corrected chi connectivity index (χ2v) is 4.44. The first kappa shape index (κ1) is 11.4. The van der Waals surface area contributed by atoms with Gasteiger partial charge in [-0.2, -0.15) is 0 Å². The SMILES string of the molecule is OCC[C@@H]1CCCN(c2ccc(F)cc2)C1. The molecule has 0 spiro atoms. The molecule has 1 N–H and O–H groups in total. The minimum Gasteiger partial charge on any atom is -0.396 e. The zero-order chi connectivity index (χ0) is 11.4. The van der Waals surface area contributed by atoms with Gasteiger partial charge in [0.1, 0.15) is 5.82 Å².